The third kappa shape index (κ3) is 1.92. The summed E-state index contributed by atoms with van der Waals surface area (Å²) in [5, 5.41) is 0. The third-order valence-corrected chi connectivity index (χ3v) is 3.48. The van der Waals surface area contributed by atoms with E-state index in [1.165, 1.54) is 5.69 Å². The topological polar surface area (TPSA) is 16.1 Å². The highest BCUT2D eigenvalue weighted by atomic mass is 79.9. The Morgan fingerprint density at radius 3 is 2.50 bits per heavy atom. The number of aromatic nitrogens is 1. The van der Waals surface area contributed by atoms with Crippen molar-refractivity contribution in [2.24, 2.45) is 11.8 Å². The summed E-state index contributed by atoms with van der Waals surface area (Å²) in [7, 11) is 0. The Morgan fingerprint density at radius 1 is 1.29 bits per heavy atom. The highest BCUT2D eigenvalue weighted by molar-refractivity contribution is 9.10. The van der Waals surface area contributed by atoms with Crippen molar-refractivity contribution >= 4 is 21.6 Å². The summed E-state index contributed by atoms with van der Waals surface area (Å²) < 4.78 is 1.06. The molecule has 0 bridgehead atoms. The number of hydrogen-bond acceptors (Lipinski definition) is 2. The lowest BCUT2D eigenvalue weighted by Gasteiger charge is -2.17. The van der Waals surface area contributed by atoms with Gasteiger partial charge in [-0.25, -0.2) is 0 Å². The standard InChI is InChI=1S/C11H15BrN2/c1-8-6-14(7-9(8)2)11-3-10(12)4-13-5-11/h3-5,8-9H,6-7H2,1-2H3. The minimum atomic E-state index is 0.786. The monoisotopic (exact) mass is 254 g/mol. The number of halogens is 1. The van der Waals surface area contributed by atoms with Crippen LogP contribution < -0.4 is 4.90 Å². The zero-order valence-electron chi connectivity index (χ0n) is 8.57. The maximum absolute atomic E-state index is 4.19. The Hall–Kier alpha value is -0.570. The maximum atomic E-state index is 4.19. The van der Waals surface area contributed by atoms with E-state index in [1.54, 1.807) is 0 Å². The van der Waals surface area contributed by atoms with E-state index >= 15 is 0 Å². The first-order valence-corrected chi connectivity index (χ1v) is 5.81. The molecule has 1 aliphatic heterocycles. The van der Waals surface area contributed by atoms with Crippen molar-refractivity contribution in [3.8, 4) is 0 Å². The lowest BCUT2D eigenvalue weighted by Crippen LogP contribution is -2.19. The fourth-order valence-electron chi connectivity index (χ4n) is 1.91. The molecule has 2 heterocycles. The number of rotatable bonds is 1. The Balaban J connectivity index is 2.17. The van der Waals surface area contributed by atoms with Gasteiger partial charge in [0, 0.05) is 23.8 Å². The van der Waals surface area contributed by atoms with Crippen LogP contribution in [0.15, 0.2) is 22.9 Å². The fraction of sp³-hybridized carbons (Fsp3) is 0.545. The van der Waals surface area contributed by atoms with Gasteiger partial charge < -0.3 is 4.90 Å². The molecule has 0 amide bonds. The largest absolute Gasteiger partial charge is 0.370 e. The van der Waals surface area contributed by atoms with Gasteiger partial charge in [0.25, 0.3) is 0 Å². The van der Waals surface area contributed by atoms with Gasteiger partial charge >= 0.3 is 0 Å². The first-order valence-electron chi connectivity index (χ1n) is 5.02. The predicted molar refractivity (Wildman–Crippen MR) is 62.5 cm³/mol. The minimum absolute atomic E-state index is 0.786. The molecule has 0 N–H and O–H groups in total. The minimum Gasteiger partial charge on any atom is -0.370 e. The van der Waals surface area contributed by atoms with E-state index in [-0.39, 0.29) is 0 Å². The summed E-state index contributed by atoms with van der Waals surface area (Å²) in [5.41, 5.74) is 1.23. The molecule has 76 valence electrons. The zero-order chi connectivity index (χ0) is 10.1. The van der Waals surface area contributed by atoms with E-state index in [2.05, 4.69) is 45.7 Å². The van der Waals surface area contributed by atoms with Crippen molar-refractivity contribution in [3.63, 3.8) is 0 Å². The molecule has 2 rings (SSSR count). The summed E-state index contributed by atoms with van der Waals surface area (Å²) in [6.07, 6.45) is 3.77. The number of pyridine rings is 1. The van der Waals surface area contributed by atoms with Crippen LogP contribution in [-0.2, 0) is 0 Å². The van der Waals surface area contributed by atoms with Crippen LogP contribution in [0.4, 0.5) is 5.69 Å². The van der Waals surface area contributed by atoms with Crippen molar-refractivity contribution in [1.29, 1.82) is 0 Å². The lowest BCUT2D eigenvalue weighted by atomic mass is 10.0. The Morgan fingerprint density at radius 2 is 1.93 bits per heavy atom. The van der Waals surface area contributed by atoms with Crippen LogP contribution >= 0.6 is 15.9 Å². The lowest BCUT2D eigenvalue weighted by molar-refractivity contribution is 0.494. The van der Waals surface area contributed by atoms with Crippen molar-refractivity contribution in [3.05, 3.63) is 22.9 Å². The highest BCUT2D eigenvalue weighted by Crippen LogP contribution is 2.28. The van der Waals surface area contributed by atoms with Gasteiger partial charge in [-0.1, -0.05) is 13.8 Å². The second kappa shape index (κ2) is 3.89. The molecule has 1 fully saturated rings. The van der Waals surface area contributed by atoms with Crippen molar-refractivity contribution < 1.29 is 0 Å². The normalized spacial score (nSPS) is 26.9. The quantitative estimate of drug-likeness (QED) is 0.767. The molecule has 2 atom stereocenters. The van der Waals surface area contributed by atoms with Gasteiger partial charge in [-0.05, 0) is 33.8 Å². The Bertz CT molecular complexity index is 317. The van der Waals surface area contributed by atoms with Crippen molar-refractivity contribution in [1.82, 2.24) is 4.98 Å². The molecule has 1 saturated heterocycles. The smallest absolute Gasteiger partial charge is 0.0564 e. The van der Waals surface area contributed by atoms with Crippen LogP contribution in [0.1, 0.15) is 13.8 Å². The molecule has 14 heavy (non-hydrogen) atoms. The molecule has 0 spiro atoms. The number of hydrogen-bond donors (Lipinski definition) is 0. The van der Waals surface area contributed by atoms with Gasteiger partial charge in [-0.3, -0.25) is 4.98 Å². The second-order valence-electron chi connectivity index (χ2n) is 4.22. The molecule has 2 unspecified atom stereocenters. The first-order chi connectivity index (χ1) is 6.66. The van der Waals surface area contributed by atoms with Crippen LogP contribution in [0.25, 0.3) is 0 Å². The molecule has 1 aliphatic rings. The van der Waals surface area contributed by atoms with Crippen LogP contribution in [0.2, 0.25) is 0 Å². The summed E-state index contributed by atoms with van der Waals surface area (Å²) in [6.45, 7) is 6.94. The molecule has 0 aromatic carbocycles. The number of anilines is 1. The second-order valence-corrected chi connectivity index (χ2v) is 5.14. The van der Waals surface area contributed by atoms with Crippen LogP contribution in [0.3, 0.4) is 0 Å². The van der Waals surface area contributed by atoms with Gasteiger partial charge in [0.15, 0.2) is 0 Å². The van der Waals surface area contributed by atoms with E-state index in [0.717, 1.165) is 29.4 Å². The molecule has 0 aliphatic carbocycles. The Labute approximate surface area is 93.5 Å². The average molecular weight is 255 g/mol. The van der Waals surface area contributed by atoms with Crippen LogP contribution in [0.5, 0.6) is 0 Å². The van der Waals surface area contributed by atoms with E-state index in [4.69, 9.17) is 0 Å². The van der Waals surface area contributed by atoms with E-state index in [9.17, 15) is 0 Å². The molecule has 1 aromatic rings. The van der Waals surface area contributed by atoms with Crippen molar-refractivity contribution in [2.75, 3.05) is 18.0 Å². The highest BCUT2D eigenvalue weighted by Gasteiger charge is 2.26. The third-order valence-electron chi connectivity index (χ3n) is 3.04. The molecule has 0 radical (unpaired) electrons. The fourth-order valence-corrected chi connectivity index (χ4v) is 2.27. The summed E-state index contributed by atoms with van der Waals surface area (Å²) in [6, 6.07) is 2.14. The van der Waals surface area contributed by atoms with Gasteiger partial charge in [0.1, 0.15) is 0 Å². The molecule has 3 heteroatoms. The summed E-state index contributed by atoms with van der Waals surface area (Å²) in [4.78, 5) is 6.60. The van der Waals surface area contributed by atoms with E-state index in [1.807, 2.05) is 12.4 Å². The summed E-state index contributed by atoms with van der Waals surface area (Å²) >= 11 is 3.45. The van der Waals surface area contributed by atoms with Crippen molar-refractivity contribution in [2.45, 2.75) is 13.8 Å². The SMILES string of the molecule is CC1CN(c2cncc(Br)c2)CC1C. The Kier molecular flexibility index (Phi) is 2.77. The van der Waals surface area contributed by atoms with E-state index in [0.29, 0.717) is 0 Å². The zero-order valence-corrected chi connectivity index (χ0v) is 10.2. The molecule has 2 nitrogen and oxygen atoms in total. The summed E-state index contributed by atoms with van der Waals surface area (Å²) in [5.74, 6) is 1.57. The molecule has 1 aromatic heterocycles. The molecular weight excluding hydrogens is 240 g/mol. The van der Waals surface area contributed by atoms with Gasteiger partial charge in [-0.15, -0.1) is 0 Å². The van der Waals surface area contributed by atoms with Crippen LogP contribution in [-0.4, -0.2) is 18.1 Å². The van der Waals surface area contributed by atoms with Crippen LogP contribution in [0, 0.1) is 11.8 Å². The molecule has 0 saturated carbocycles. The van der Waals surface area contributed by atoms with Gasteiger partial charge in [0.2, 0.25) is 0 Å². The maximum Gasteiger partial charge on any atom is 0.0564 e. The predicted octanol–water partition coefficient (Wildman–Crippen LogP) is 2.94. The van der Waals surface area contributed by atoms with Gasteiger partial charge in [-0.2, -0.15) is 0 Å². The average Bonchev–Trinajstić information content (AvgIpc) is 2.47. The first kappa shape index (κ1) is 9.97. The number of nitrogens with zero attached hydrogens (tertiary/aromatic N) is 2. The van der Waals surface area contributed by atoms with Gasteiger partial charge in [0.05, 0.1) is 11.9 Å². The van der Waals surface area contributed by atoms with E-state index < -0.39 is 0 Å². The molecular formula is C11H15BrN2.